The van der Waals surface area contributed by atoms with Gasteiger partial charge in [-0.05, 0) is 43.5 Å². The largest absolute Gasteiger partial charge is 0.382 e. The van der Waals surface area contributed by atoms with Crippen molar-refractivity contribution in [3.05, 3.63) is 53.4 Å². The van der Waals surface area contributed by atoms with Crippen molar-refractivity contribution in [2.24, 2.45) is 7.05 Å². The summed E-state index contributed by atoms with van der Waals surface area (Å²) in [5.74, 6) is -0.258. The molecule has 1 fully saturated rings. The second-order valence-corrected chi connectivity index (χ2v) is 8.07. The van der Waals surface area contributed by atoms with E-state index in [1.807, 2.05) is 37.5 Å². The van der Waals surface area contributed by atoms with Crippen LogP contribution in [0.15, 0.2) is 42.7 Å². The van der Waals surface area contributed by atoms with Crippen molar-refractivity contribution in [3.63, 3.8) is 0 Å². The smallest absolute Gasteiger partial charge is 0.273 e. The van der Waals surface area contributed by atoms with Crippen LogP contribution in [0.2, 0.25) is 5.02 Å². The van der Waals surface area contributed by atoms with Crippen molar-refractivity contribution in [1.29, 1.82) is 0 Å². The fourth-order valence-electron chi connectivity index (χ4n) is 3.63. The third-order valence-electron chi connectivity index (χ3n) is 5.47. The zero-order valence-corrected chi connectivity index (χ0v) is 17.6. The quantitative estimate of drug-likeness (QED) is 0.508. The highest BCUT2D eigenvalue weighted by atomic mass is 35.5. The van der Waals surface area contributed by atoms with Gasteiger partial charge >= 0.3 is 0 Å². The van der Waals surface area contributed by atoms with Crippen LogP contribution in [0.4, 0.5) is 5.82 Å². The molecule has 5 rings (SSSR count). The topological polar surface area (TPSA) is 112 Å². The van der Waals surface area contributed by atoms with Gasteiger partial charge in [0.25, 0.3) is 5.91 Å². The van der Waals surface area contributed by atoms with Crippen molar-refractivity contribution >= 4 is 34.2 Å². The van der Waals surface area contributed by atoms with E-state index in [4.69, 9.17) is 17.3 Å². The number of carbonyl (C=O) groups excluding carboxylic acids is 1. The molecule has 3 heterocycles. The minimum atomic E-state index is -0.322. The molecule has 1 aliphatic rings. The molecule has 0 saturated heterocycles. The molecule has 3 N–H and O–H groups in total. The Kier molecular flexibility index (Phi) is 4.78. The maximum Gasteiger partial charge on any atom is 0.273 e. The summed E-state index contributed by atoms with van der Waals surface area (Å²) < 4.78 is 1.67. The summed E-state index contributed by atoms with van der Waals surface area (Å²) >= 11 is 6.51. The number of anilines is 1. The van der Waals surface area contributed by atoms with E-state index in [0.717, 1.165) is 24.6 Å². The lowest BCUT2D eigenvalue weighted by Gasteiger charge is -2.26. The van der Waals surface area contributed by atoms with Gasteiger partial charge in [-0.2, -0.15) is 5.10 Å². The van der Waals surface area contributed by atoms with E-state index >= 15 is 0 Å². The second kappa shape index (κ2) is 7.63. The number of pyridine rings is 1. The first-order chi connectivity index (χ1) is 15.0. The molecule has 0 bridgehead atoms. The maximum atomic E-state index is 12.8. The number of hydrogen-bond acceptors (Lipinski definition) is 6. The van der Waals surface area contributed by atoms with Crippen molar-refractivity contribution in [2.75, 3.05) is 5.73 Å². The van der Waals surface area contributed by atoms with E-state index in [2.05, 4.69) is 25.4 Å². The van der Waals surface area contributed by atoms with Crippen LogP contribution < -0.4 is 11.1 Å². The van der Waals surface area contributed by atoms with Crippen molar-refractivity contribution in [3.8, 4) is 22.6 Å². The summed E-state index contributed by atoms with van der Waals surface area (Å²) in [6.07, 6.45) is 6.54. The molecule has 8 nitrogen and oxygen atoms in total. The molecule has 0 radical (unpaired) electrons. The molecule has 0 unspecified atom stereocenters. The van der Waals surface area contributed by atoms with Gasteiger partial charge in [0.1, 0.15) is 11.4 Å². The van der Waals surface area contributed by atoms with Crippen LogP contribution in [0.5, 0.6) is 0 Å². The predicted molar refractivity (Wildman–Crippen MR) is 119 cm³/mol. The van der Waals surface area contributed by atoms with E-state index in [0.29, 0.717) is 33.2 Å². The zero-order valence-electron chi connectivity index (χ0n) is 16.8. The van der Waals surface area contributed by atoms with E-state index in [9.17, 15) is 4.79 Å². The SMILES string of the molecule is Cn1ccc(-c2nc(N)c(C(=O)NC3CCC3)nc2-c2cc(Cl)c3ncccc3c2)n1. The highest BCUT2D eigenvalue weighted by Crippen LogP contribution is 2.34. The summed E-state index contributed by atoms with van der Waals surface area (Å²) in [6, 6.07) is 9.45. The number of aromatic nitrogens is 5. The molecular weight excluding hydrogens is 414 g/mol. The van der Waals surface area contributed by atoms with Crippen molar-refractivity contribution in [1.82, 2.24) is 30.0 Å². The molecule has 1 aromatic carbocycles. The minimum Gasteiger partial charge on any atom is -0.382 e. The van der Waals surface area contributed by atoms with Gasteiger partial charge in [0.05, 0.1) is 16.2 Å². The van der Waals surface area contributed by atoms with E-state index in [-0.39, 0.29) is 23.5 Å². The third kappa shape index (κ3) is 3.59. The number of halogens is 1. The van der Waals surface area contributed by atoms with Crippen LogP contribution in [0.3, 0.4) is 0 Å². The average molecular weight is 434 g/mol. The van der Waals surface area contributed by atoms with Crippen LogP contribution in [0.25, 0.3) is 33.5 Å². The average Bonchev–Trinajstić information content (AvgIpc) is 3.16. The standard InChI is InChI=1S/C22H20ClN7O/c1-30-9-7-16(29-30)19-18(13-10-12-4-3-8-25-17(12)15(23)11-13)27-20(21(24)28-19)22(31)26-14-5-2-6-14/h3-4,7-11,14H,2,5-6H2,1H3,(H2,24,28)(H,26,31). The van der Waals surface area contributed by atoms with Gasteiger partial charge in [-0.3, -0.25) is 14.5 Å². The fourth-order valence-corrected chi connectivity index (χ4v) is 3.90. The lowest BCUT2D eigenvalue weighted by molar-refractivity contribution is 0.0912. The van der Waals surface area contributed by atoms with Crippen LogP contribution in [0.1, 0.15) is 29.8 Å². The van der Waals surface area contributed by atoms with Crippen LogP contribution in [-0.4, -0.2) is 36.7 Å². The molecule has 31 heavy (non-hydrogen) atoms. The third-order valence-corrected chi connectivity index (χ3v) is 5.75. The van der Waals surface area contributed by atoms with Gasteiger partial charge in [-0.15, -0.1) is 0 Å². The number of nitrogen functional groups attached to an aromatic ring is 1. The van der Waals surface area contributed by atoms with Crippen molar-refractivity contribution < 1.29 is 4.79 Å². The Morgan fingerprint density at radius 3 is 2.77 bits per heavy atom. The Bertz CT molecular complexity index is 1310. The molecule has 1 saturated carbocycles. The first kappa shape index (κ1) is 19.4. The van der Waals surface area contributed by atoms with Gasteiger partial charge in [-0.1, -0.05) is 17.7 Å². The molecule has 1 aliphatic carbocycles. The molecule has 3 aromatic heterocycles. The Labute approximate surface area is 183 Å². The molecular formula is C22H20ClN7O. The normalized spacial score (nSPS) is 13.9. The van der Waals surface area contributed by atoms with Gasteiger partial charge in [0.2, 0.25) is 0 Å². The van der Waals surface area contributed by atoms with E-state index in [1.165, 1.54) is 0 Å². The highest BCUT2D eigenvalue weighted by molar-refractivity contribution is 6.35. The molecule has 0 aliphatic heterocycles. The number of aryl methyl sites for hydroxylation is 1. The summed E-state index contributed by atoms with van der Waals surface area (Å²) in [4.78, 5) is 26.4. The van der Waals surface area contributed by atoms with Gasteiger partial charge in [0, 0.05) is 36.4 Å². The number of carbonyl (C=O) groups is 1. The Morgan fingerprint density at radius 2 is 2.06 bits per heavy atom. The van der Waals surface area contributed by atoms with Gasteiger partial charge in [-0.25, -0.2) is 9.97 Å². The van der Waals surface area contributed by atoms with Crippen molar-refractivity contribution in [2.45, 2.75) is 25.3 Å². The summed E-state index contributed by atoms with van der Waals surface area (Å²) in [5.41, 5.74) is 9.23. The first-order valence-electron chi connectivity index (χ1n) is 10.0. The number of fused-ring (bicyclic) bond motifs is 1. The number of nitrogens with zero attached hydrogens (tertiary/aromatic N) is 5. The molecule has 1 amide bonds. The van der Waals surface area contributed by atoms with Crippen LogP contribution >= 0.6 is 11.6 Å². The molecule has 156 valence electrons. The number of rotatable bonds is 4. The van der Waals surface area contributed by atoms with Gasteiger partial charge in [0.15, 0.2) is 11.5 Å². The molecule has 0 spiro atoms. The van der Waals surface area contributed by atoms with E-state index < -0.39 is 0 Å². The number of amides is 1. The monoisotopic (exact) mass is 433 g/mol. The number of benzene rings is 1. The van der Waals surface area contributed by atoms with Crippen LogP contribution in [0, 0.1) is 0 Å². The summed E-state index contributed by atoms with van der Waals surface area (Å²) in [5, 5.41) is 8.77. The first-order valence-corrected chi connectivity index (χ1v) is 10.4. The number of nitrogens with two attached hydrogens (primary N) is 1. The number of nitrogens with one attached hydrogen (secondary N) is 1. The maximum absolute atomic E-state index is 12.8. The number of hydrogen-bond donors (Lipinski definition) is 2. The molecule has 0 atom stereocenters. The summed E-state index contributed by atoms with van der Waals surface area (Å²) in [7, 11) is 1.82. The summed E-state index contributed by atoms with van der Waals surface area (Å²) in [6.45, 7) is 0. The lowest BCUT2D eigenvalue weighted by atomic mass is 9.93. The Hall–Kier alpha value is -3.52. The molecule has 4 aromatic rings. The Balaban J connectivity index is 1.69. The van der Waals surface area contributed by atoms with E-state index in [1.54, 1.807) is 16.9 Å². The molecule has 9 heteroatoms. The van der Waals surface area contributed by atoms with Gasteiger partial charge < -0.3 is 11.1 Å². The zero-order chi connectivity index (χ0) is 21.5. The second-order valence-electron chi connectivity index (χ2n) is 7.66. The van der Waals surface area contributed by atoms with Crippen LogP contribution in [-0.2, 0) is 7.05 Å². The highest BCUT2D eigenvalue weighted by Gasteiger charge is 2.25. The lowest BCUT2D eigenvalue weighted by Crippen LogP contribution is -2.40. The minimum absolute atomic E-state index is 0.0646. The fraction of sp³-hybridized carbons (Fsp3) is 0.227. The Morgan fingerprint density at radius 1 is 1.23 bits per heavy atom. The predicted octanol–water partition coefficient (Wildman–Crippen LogP) is 3.61.